The summed E-state index contributed by atoms with van der Waals surface area (Å²) in [6, 6.07) is 4.93. The second kappa shape index (κ2) is 6.83. The minimum Gasteiger partial charge on any atom is -0.333 e. The number of benzene rings is 1. The zero-order valence-corrected chi connectivity index (χ0v) is 11.4. The molecule has 1 fully saturated rings. The smallest absolute Gasteiger partial charge is 0.269 e. The molecule has 0 saturated carbocycles. The predicted octanol–water partition coefficient (Wildman–Crippen LogP) is 0.599. The van der Waals surface area contributed by atoms with Crippen molar-refractivity contribution in [2.75, 3.05) is 13.1 Å². The number of nitrogens with one attached hydrogen (secondary N) is 2. The zero-order chi connectivity index (χ0) is 15.2. The van der Waals surface area contributed by atoms with Crippen molar-refractivity contribution in [3.8, 4) is 0 Å². The highest BCUT2D eigenvalue weighted by Crippen LogP contribution is 2.09. The van der Waals surface area contributed by atoms with E-state index in [9.17, 15) is 18.8 Å². The van der Waals surface area contributed by atoms with E-state index in [0.717, 1.165) is 25.0 Å². The van der Waals surface area contributed by atoms with Crippen molar-refractivity contribution >= 4 is 17.7 Å². The molecule has 1 aromatic rings. The van der Waals surface area contributed by atoms with Gasteiger partial charge in [-0.2, -0.15) is 0 Å². The first kappa shape index (κ1) is 15.0. The van der Waals surface area contributed by atoms with Gasteiger partial charge in [0.2, 0.25) is 5.91 Å². The third-order valence-electron chi connectivity index (χ3n) is 3.18. The fraction of sp³-hybridized carbons (Fsp3) is 0.357. The molecule has 3 amide bonds. The first-order valence-electron chi connectivity index (χ1n) is 6.69. The summed E-state index contributed by atoms with van der Waals surface area (Å²) in [5.41, 5.74) is 4.69. The van der Waals surface area contributed by atoms with Crippen LogP contribution < -0.4 is 10.9 Å². The van der Waals surface area contributed by atoms with Crippen LogP contribution in [0.25, 0.3) is 0 Å². The van der Waals surface area contributed by atoms with Gasteiger partial charge in [-0.1, -0.05) is 0 Å². The quantitative estimate of drug-likeness (QED) is 0.801. The molecule has 0 aromatic heterocycles. The molecule has 1 aromatic carbocycles. The average Bonchev–Trinajstić information content (AvgIpc) is 2.48. The fourth-order valence-electron chi connectivity index (χ4n) is 2.04. The van der Waals surface area contributed by atoms with Crippen LogP contribution in [0.4, 0.5) is 4.39 Å². The standard InChI is InChI=1S/C14H16FN3O3/c15-11-6-4-10(5-7-11)14(21)17-16-12(19)9-18-8-2-1-3-13(18)20/h4-7H,1-3,8-9H2,(H,16,19)(H,17,21). The number of likely N-dealkylation sites (tertiary alicyclic amines) is 1. The molecule has 2 rings (SSSR count). The summed E-state index contributed by atoms with van der Waals surface area (Å²) < 4.78 is 12.7. The van der Waals surface area contributed by atoms with Crippen LogP contribution >= 0.6 is 0 Å². The SMILES string of the molecule is O=C(CN1CCCCC1=O)NNC(=O)c1ccc(F)cc1. The normalized spacial score (nSPS) is 14.7. The van der Waals surface area contributed by atoms with Crippen molar-refractivity contribution in [2.45, 2.75) is 19.3 Å². The summed E-state index contributed by atoms with van der Waals surface area (Å²) in [5.74, 6) is -1.52. The molecule has 0 atom stereocenters. The van der Waals surface area contributed by atoms with E-state index in [-0.39, 0.29) is 18.0 Å². The number of carbonyl (C=O) groups excluding carboxylic acids is 3. The van der Waals surface area contributed by atoms with Gasteiger partial charge in [-0.25, -0.2) is 4.39 Å². The van der Waals surface area contributed by atoms with Crippen molar-refractivity contribution in [3.63, 3.8) is 0 Å². The number of carbonyl (C=O) groups is 3. The Kier molecular flexibility index (Phi) is 4.86. The minimum absolute atomic E-state index is 0.0544. The second-order valence-corrected chi connectivity index (χ2v) is 4.78. The lowest BCUT2D eigenvalue weighted by Crippen LogP contribution is -2.48. The molecule has 2 N–H and O–H groups in total. The molecule has 6 nitrogen and oxygen atoms in total. The van der Waals surface area contributed by atoms with Crippen molar-refractivity contribution in [1.29, 1.82) is 0 Å². The first-order valence-corrected chi connectivity index (χ1v) is 6.69. The Hall–Kier alpha value is -2.44. The highest BCUT2D eigenvalue weighted by molar-refractivity contribution is 5.95. The van der Waals surface area contributed by atoms with Gasteiger partial charge < -0.3 is 4.90 Å². The maximum absolute atomic E-state index is 12.7. The molecule has 1 aliphatic heterocycles. The number of amides is 3. The fourth-order valence-corrected chi connectivity index (χ4v) is 2.04. The number of hydrogen-bond acceptors (Lipinski definition) is 3. The Morgan fingerprint density at radius 2 is 1.86 bits per heavy atom. The van der Waals surface area contributed by atoms with Crippen molar-refractivity contribution in [3.05, 3.63) is 35.6 Å². The van der Waals surface area contributed by atoms with Crippen LogP contribution in [0.5, 0.6) is 0 Å². The lowest BCUT2D eigenvalue weighted by molar-refractivity contribution is -0.138. The van der Waals surface area contributed by atoms with E-state index in [1.807, 2.05) is 0 Å². The molecular weight excluding hydrogens is 277 g/mol. The van der Waals surface area contributed by atoms with Gasteiger partial charge in [-0.15, -0.1) is 0 Å². The van der Waals surface area contributed by atoms with Crippen LogP contribution in [0.2, 0.25) is 0 Å². The number of piperidine rings is 1. The summed E-state index contributed by atoms with van der Waals surface area (Å²) in [5, 5.41) is 0. The Labute approximate surface area is 121 Å². The van der Waals surface area contributed by atoms with E-state index in [4.69, 9.17) is 0 Å². The molecule has 0 bridgehead atoms. The van der Waals surface area contributed by atoms with E-state index in [0.29, 0.717) is 13.0 Å². The molecular formula is C14H16FN3O3. The van der Waals surface area contributed by atoms with Crippen LogP contribution in [-0.2, 0) is 9.59 Å². The van der Waals surface area contributed by atoms with Crippen LogP contribution in [0.1, 0.15) is 29.6 Å². The Morgan fingerprint density at radius 1 is 1.14 bits per heavy atom. The lowest BCUT2D eigenvalue weighted by atomic mass is 10.1. The molecule has 0 unspecified atom stereocenters. The molecule has 1 saturated heterocycles. The summed E-state index contributed by atoms with van der Waals surface area (Å²) in [6.07, 6.45) is 2.18. The number of rotatable bonds is 3. The number of hydrogen-bond donors (Lipinski definition) is 2. The van der Waals surface area contributed by atoms with Gasteiger partial charge in [0.05, 0.1) is 0 Å². The number of halogens is 1. The van der Waals surface area contributed by atoms with Crippen LogP contribution in [0, 0.1) is 5.82 Å². The van der Waals surface area contributed by atoms with Crippen LogP contribution in [0.3, 0.4) is 0 Å². The monoisotopic (exact) mass is 293 g/mol. The maximum atomic E-state index is 12.7. The van der Waals surface area contributed by atoms with Crippen LogP contribution in [-0.4, -0.2) is 35.7 Å². The van der Waals surface area contributed by atoms with Crippen molar-refractivity contribution in [1.82, 2.24) is 15.8 Å². The van der Waals surface area contributed by atoms with Gasteiger partial charge in [0.15, 0.2) is 0 Å². The molecule has 21 heavy (non-hydrogen) atoms. The molecule has 7 heteroatoms. The third kappa shape index (κ3) is 4.27. The van der Waals surface area contributed by atoms with Gasteiger partial charge >= 0.3 is 0 Å². The second-order valence-electron chi connectivity index (χ2n) is 4.78. The highest BCUT2D eigenvalue weighted by atomic mass is 19.1. The summed E-state index contributed by atoms with van der Waals surface area (Å²) in [4.78, 5) is 36.4. The first-order chi connectivity index (χ1) is 10.1. The van der Waals surface area contributed by atoms with E-state index < -0.39 is 17.6 Å². The van der Waals surface area contributed by atoms with Gasteiger partial charge in [-0.3, -0.25) is 25.2 Å². The van der Waals surface area contributed by atoms with E-state index in [1.54, 1.807) is 0 Å². The summed E-state index contributed by atoms with van der Waals surface area (Å²) >= 11 is 0. The third-order valence-corrected chi connectivity index (χ3v) is 3.18. The summed E-state index contributed by atoms with van der Waals surface area (Å²) in [6.45, 7) is 0.473. The number of nitrogens with zero attached hydrogens (tertiary/aromatic N) is 1. The van der Waals surface area contributed by atoms with E-state index in [1.165, 1.54) is 17.0 Å². The molecule has 0 radical (unpaired) electrons. The number of hydrazine groups is 1. The summed E-state index contributed by atoms with van der Waals surface area (Å²) in [7, 11) is 0. The zero-order valence-electron chi connectivity index (χ0n) is 11.4. The maximum Gasteiger partial charge on any atom is 0.269 e. The van der Waals surface area contributed by atoms with Gasteiger partial charge in [0, 0.05) is 18.5 Å². The predicted molar refractivity (Wildman–Crippen MR) is 72.4 cm³/mol. The molecule has 0 spiro atoms. The van der Waals surface area contributed by atoms with Gasteiger partial charge in [0.25, 0.3) is 11.8 Å². The Bertz CT molecular complexity index is 545. The molecule has 112 valence electrons. The minimum atomic E-state index is -0.548. The topological polar surface area (TPSA) is 78.5 Å². The highest BCUT2D eigenvalue weighted by Gasteiger charge is 2.20. The van der Waals surface area contributed by atoms with E-state index in [2.05, 4.69) is 10.9 Å². The van der Waals surface area contributed by atoms with Gasteiger partial charge in [-0.05, 0) is 37.1 Å². The molecule has 0 aliphatic carbocycles. The van der Waals surface area contributed by atoms with Crippen LogP contribution in [0.15, 0.2) is 24.3 Å². The van der Waals surface area contributed by atoms with Crippen molar-refractivity contribution in [2.24, 2.45) is 0 Å². The lowest BCUT2D eigenvalue weighted by Gasteiger charge is -2.25. The largest absolute Gasteiger partial charge is 0.333 e. The molecule has 1 heterocycles. The van der Waals surface area contributed by atoms with E-state index >= 15 is 0 Å². The Balaban J connectivity index is 1.79. The van der Waals surface area contributed by atoms with Gasteiger partial charge in [0.1, 0.15) is 12.4 Å². The van der Waals surface area contributed by atoms with Crippen molar-refractivity contribution < 1.29 is 18.8 Å². The average molecular weight is 293 g/mol. The molecule has 1 aliphatic rings. The Morgan fingerprint density at radius 3 is 2.52 bits per heavy atom.